The molecule has 5 nitrogen and oxygen atoms in total. The quantitative estimate of drug-likeness (QED) is 0.404. The van der Waals surface area contributed by atoms with Crippen LogP contribution in [0.5, 0.6) is 0 Å². The Hall–Kier alpha value is -0.200. The maximum absolute atomic E-state index is 8.97. The van der Waals surface area contributed by atoms with E-state index in [9.17, 15) is 0 Å². The van der Waals surface area contributed by atoms with Crippen molar-refractivity contribution < 1.29 is 24.8 Å². The van der Waals surface area contributed by atoms with E-state index in [0.29, 0.717) is 0 Å². The van der Waals surface area contributed by atoms with E-state index in [1.807, 2.05) is 0 Å². The predicted octanol–water partition coefficient (Wildman–Crippen LogP) is -1.97. The highest BCUT2D eigenvalue weighted by Gasteiger charge is 2.28. The topological polar surface area (TPSA) is 79.2 Å². The van der Waals surface area contributed by atoms with Crippen LogP contribution in [0.4, 0.5) is 0 Å². The second-order valence-corrected chi connectivity index (χ2v) is 2.06. The third kappa shape index (κ3) is 1.65. The molecule has 60 valence electrons. The van der Waals surface area contributed by atoms with Crippen molar-refractivity contribution in [1.82, 2.24) is 0 Å². The van der Waals surface area contributed by atoms with E-state index in [-0.39, 0.29) is 13.2 Å². The zero-order chi connectivity index (χ0) is 7.56. The van der Waals surface area contributed by atoms with Gasteiger partial charge in [-0.05, 0) is 0 Å². The first kappa shape index (κ1) is 7.90. The molecular formula is C5H10O5. The Balaban J connectivity index is 2.38. The molecule has 0 amide bonds. The lowest BCUT2D eigenvalue weighted by Gasteiger charge is -2.29. The maximum Gasteiger partial charge on any atom is 0.269 e. The van der Waals surface area contributed by atoms with Crippen LogP contribution >= 0.6 is 0 Å². The molecule has 0 bridgehead atoms. The largest absolute Gasteiger partial charge is 0.394 e. The zero-order valence-corrected chi connectivity index (χ0v) is 5.30. The number of rotatable bonds is 1. The van der Waals surface area contributed by atoms with Gasteiger partial charge in [0.15, 0.2) is 0 Å². The Labute approximate surface area is 57.8 Å². The molecule has 1 rings (SSSR count). The van der Waals surface area contributed by atoms with Gasteiger partial charge in [0.1, 0.15) is 12.2 Å². The summed E-state index contributed by atoms with van der Waals surface area (Å²) >= 11 is 0. The van der Waals surface area contributed by atoms with Gasteiger partial charge in [-0.15, -0.1) is 0 Å². The van der Waals surface area contributed by atoms with Crippen LogP contribution in [-0.4, -0.2) is 47.2 Å². The fourth-order valence-electron chi connectivity index (χ4n) is 0.732. The average Bonchev–Trinajstić information content (AvgIpc) is 1.94. The summed E-state index contributed by atoms with van der Waals surface area (Å²) in [5, 5.41) is 26.2. The molecule has 1 aliphatic heterocycles. The fraction of sp³-hybridized carbons (Fsp3) is 1.00. The number of hydrogen-bond acceptors (Lipinski definition) is 5. The van der Waals surface area contributed by atoms with Gasteiger partial charge in [-0.3, -0.25) is 0 Å². The molecule has 3 unspecified atom stereocenters. The highest BCUT2D eigenvalue weighted by atomic mass is 16.8. The Bertz CT molecular complexity index is 106. The monoisotopic (exact) mass is 150 g/mol. The molecule has 5 heteroatoms. The first-order valence-electron chi connectivity index (χ1n) is 2.98. The van der Waals surface area contributed by atoms with Gasteiger partial charge in [0.25, 0.3) is 6.48 Å². The minimum atomic E-state index is -1.32. The Morgan fingerprint density at radius 1 is 1.40 bits per heavy atom. The van der Waals surface area contributed by atoms with Crippen LogP contribution in [0.3, 0.4) is 0 Å². The molecule has 1 heterocycles. The molecular weight excluding hydrogens is 140 g/mol. The Morgan fingerprint density at radius 3 is 2.60 bits per heavy atom. The summed E-state index contributed by atoms with van der Waals surface area (Å²) in [5.41, 5.74) is 0. The van der Waals surface area contributed by atoms with Gasteiger partial charge in [-0.2, -0.15) is 0 Å². The van der Waals surface area contributed by atoms with Crippen LogP contribution in [0.15, 0.2) is 0 Å². The van der Waals surface area contributed by atoms with E-state index in [1.165, 1.54) is 0 Å². The highest BCUT2D eigenvalue weighted by Crippen LogP contribution is 2.10. The minimum absolute atomic E-state index is 0.00755. The van der Waals surface area contributed by atoms with E-state index < -0.39 is 18.7 Å². The molecule has 1 saturated heterocycles. The lowest BCUT2D eigenvalue weighted by Crippen LogP contribution is -2.45. The van der Waals surface area contributed by atoms with E-state index in [4.69, 9.17) is 15.3 Å². The van der Waals surface area contributed by atoms with Gasteiger partial charge in [-0.1, -0.05) is 0 Å². The van der Waals surface area contributed by atoms with E-state index >= 15 is 0 Å². The van der Waals surface area contributed by atoms with E-state index in [1.54, 1.807) is 0 Å². The minimum Gasteiger partial charge on any atom is -0.394 e. The van der Waals surface area contributed by atoms with E-state index in [2.05, 4.69) is 9.47 Å². The van der Waals surface area contributed by atoms with Crippen molar-refractivity contribution in [3.63, 3.8) is 0 Å². The fourth-order valence-corrected chi connectivity index (χ4v) is 0.732. The van der Waals surface area contributed by atoms with Crippen LogP contribution in [0.2, 0.25) is 0 Å². The van der Waals surface area contributed by atoms with Crippen molar-refractivity contribution >= 4 is 0 Å². The standard InChI is InChI=1S/C5H10O5/c6-1-4-3(7)2-9-5(8)10-4/h3-8H,1-2H2. The molecule has 0 aromatic heterocycles. The molecule has 0 aromatic rings. The van der Waals surface area contributed by atoms with Crippen molar-refractivity contribution in [2.75, 3.05) is 13.2 Å². The molecule has 10 heavy (non-hydrogen) atoms. The van der Waals surface area contributed by atoms with Crippen molar-refractivity contribution in [2.24, 2.45) is 0 Å². The first-order valence-corrected chi connectivity index (χ1v) is 2.98. The van der Waals surface area contributed by atoms with Crippen molar-refractivity contribution in [3.8, 4) is 0 Å². The van der Waals surface area contributed by atoms with Crippen LogP contribution in [0, 0.1) is 0 Å². The number of hydrogen-bond donors (Lipinski definition) is 3. The molecule has 0 saturated carbocycles. The Morgan fingerprint density at radius 2 is 2.10 bits per heavy atom. The molecule has 0 aromatic carbocycles. The molecule has 0 aliphatic carbocycles. The molecule has 1 aliphatic rings. The zero-order valence-electron chi connectivity index (χ0n) is 5.30. The third-order valence-corrected chi connectivity index (χ3v) is 1.31. The molecule has 0 radical (unpaired) electrons. The highest BCUT2D eigenvalue weighted by molar-refractivity contribution is 4.69. The summed E-state index contributed by atoms with van der Waals surface area (Å²) in [5.74, 6) is 0. The summed E-state index contributed by atoms with van der Waals surface area (Å²) in [4.78, 5) is 0. The summed E-state index contributed by atoms with van der Waals surface area (Å²) < 4.78 is 9.08. The number of aliphatic hydroxyl groups is 3. The smallest absolute Gasteiger partial charge is 0.269 e. The van der Waals surface area contributed by atoms with Gasteiger partial charge in [0.05, 0.1) is 13.2 Å². The lowest BCUT2D eigenvalue weighted by molar-refractivity contribution is -0.338. The van der Waals surface area contributed by atoms with Gasteiger partial charge in [0.2, 0.25) is 0 Å². The van der Waals surface area contributed by atoms with Gasteiger partial charge < -0.3 is 24.8 Å². The van der Waals surface area contributed by atoms with Gasteiger partial charge in [0, 0.05) is 0 Å². The maximum atomic E-state index is 8.97. The van der Waals surface area contributed by atoms with Crippen LogP contribution < -0.4 is 0 Å². The summed E-state index contributed by atoms with van der Waals surface area (Å²) in [6, 6.07) is 0. The SMILES string of the molecule is OCC1OC(O)OCC1O. The second-order valence-electron chi connectivity index (χ2n) is 2.06. The predicted molar refractivity (Wildman–Crippen MR) is 29.9 cm³/mol. The first-order chi connectivity index (χ1) is 4.74. The normalized spacial score (nSPS) is 41.7. The molecule has 1 fully saturated rings. The van der Waals surface area contributed by atoms with Crippen molar-refractivity contribution in [2.45, 2.75) is 18.7 Å². The van der Waals surface area contributed by atoms with Crippen molar-refractivity contribution in [1.29, 1.82) is 0 Å². The lowest BCUT2D eigenvalue weighted by atomic mass is 10.2. The Kier molecular flexibility index (Phi) is 2.58. The van der Waals surface area contributed by atoms with Crippen molar-refractivity contribution in [3.05, 3.63) is 0 Å². The molecule has 0 spiro atoms. The van der Waals surface area contributed by atoms with Crippen LogP contribution in [-0.2, 0) is 9.47 Å². The van der Waals surface area contributed by atoms with E-state index in [0.717, 1.165) is 0 Å². The van der Waals surface area contributed by atoms with Gasteiger partial charge in [-0.25, -0.2) is 0 Å². The number of ether oxygens (including phenoxy) is 2. The van der Waals surface area contributed by atoms with Crippen LogP contribution in [0.1, 0.15) is 0 Å². The number of aliphatic hydroxyl groups excluding tert-OH is 3. The summed E-state index contributed by atoms with van der Waals surface area (Å²) in [6.07, 6.45) is -1.59. The van der Waals surface area contributed by atoms with Crippen LogP contribution in [0.25, 0.3) is 0 Å². The average molecular weight is 150 g/mol. The second kappa shape index (κ2) is 3.27. The van der Waals surface area contributed by atoms with Gasteiger partial charge >= 0.3 is 0 Å². The third-order valence-electron chi connectivity index (χ3n) is 1.31. The summed E-state index contributed by atoms with van der Waals surface area (Å²) in [6.45, 7) is -1.64. The molecule has 3 atom stereocenters. The summed E-state index contributed by atoms with van der Waals surface area (Å²) in [7, 11) is 0. The molecule has 3 N–H and O–H groups in total.